The predicted octanol–water partition coefficient (Wildman–Crippen LogP) is 1.49. The van der Waals surface area contributed by atoms with Crippen LogP contribution in [-0.4, -0.2) is 35.9 Å². The molecule has 0 amide bonds. The zero-order chi connectivity index (χ0) is 14.3. The Morgan fingerprint density at radius 2 is 2.26 bits per heavy atom. The molecule has 5 heteroatoms. The Morgan fingerprint density at radius 3 is 2.79 bits per heavy atom. The maximum atomic E-state index is 4.48. The average Bonchev–Trinajstić information content (AvgIpc) is 2.68. The number of aromatic nitrogens is 2. The second-order valence-electron chi connectivity index (χ2n) is 4.84. The number of nitrogens with one attached hydrogen (secondary N) is 2. The highest BCUT2D eigenvalue weighted by Crippen LogP contribution is 2.05. The van der Waals surface area contributed by atoms with E-state index in [4.69, 9.17) is 0 Å². The third kappa shape index (κ3) is 5.16. The number of hydrogen-bond acceptors (Lipinski definition) is 2. The Kier molecular flexibility index (Phi) is 6.12. The maximum Gasteiger partial charge on any atom is 0.191 e. The van der Waals surface area contributed by atoms with Gasteiger partial charge in [-0.25, -0.2) is 0 Å². The summed E-state index contributed by atoms with van der Waals surface area (Å²) in [6.45, 7) is 12.5. The SMILES string of the molecule is C=CCNC(=NC)NCC(C)Cn1nc(C)cc1C. The van der Waals surface area contributed by atoms with Crippen LogP contribution in [0.25, 0.3) is 0 Å². The van der Waals surface area contributed by atoms with Gasteiger partial charge in [-0.05, 0) is 25.8 Å². The molecule has 0 bridgehead atoms. The van der Waals surface area contributed by atoms with Crippen LogP contribution in [0.1, 0.15) is 18.3 Å². The molecular weight excluding hydrogens is 238 g/mol. The minimum atomic E-state index is 0.472. The molecule has 5 nitrogen and oxygen atoms in total. The van der Waals surface area contributed by atoms with E-state index in [0.29, 0.717) is 12.5 Å². The molecule has 1 aromatic rings. The molecule has 2 N–H and O–H groups in total. The number of rotatable bonds is 6. The molecule has 1 rings (SSSR count). The van der Waals surface area contributed by atoms with Crippen LogP contribution in [0.15, 0.2) is 23.7 Å². The molecule has 0 aliphatic rings. The molecule has 0 saturated carbocycles. The summed E-state index contributed by atoms with van der Waals surface area (Å²) in [5.74, 6) is 1.28. The Bertz CT molecular complexity index is 433. The lowest BCUT2D eigenvalue weighted by Crippen LogP contribution is -2.40. The topological polar surface area (TPSA) is 54.2 Å². The van der Waals surface area contributed by atoms with Gasteiger partial charge >= 0.3 is 0 Å². The van der Waals surface area contributed by atoms with Crippen molar-refractivity contribution < 1.29 is 0 Å². The first-order valence-corrected chi connectivity index (χ1v) is 6.63. The summed E-state index contributed by atoms with van der Waals surface area (Å²) in [6.07, 6.45) is 1.81. The van der Waals surface area contributed by atoms with Crippen LogP contribution < -0.4 is 10.6 Å². The van der Waals surface area contributed by atoms with E-state index in [0.717, 1.165) is 24.7 Å². The van der Waals surface area contributed by atoms with Crippen molar-refractivity contribution >= 4 is 5.96 Å². The molecule has 0 spiro atoms. The monoisotopic (exact) mass is 263 g/mol. The van der Waals surface area contributed by atoms with Crippen LogP contribution in [0, 0.1) is 19.8 Å². The van der Waals surface area contributed by atoms with E-state index in [1.807, 2.05) is 13.0 Å². The first kappa shape index (κ1) is 15.3. The first-order valence-electron chi connectivity index (χ1n) is 6.63. The normalized spacial score (nSPS) is 13.2. The zero-order valence-electron chi connectivity index (χ0n) is 12.4. The molecule has 19 heavy (non-hydrogen) atoms. The maximum absolute atomic E-state index is 4.48. The molecule has 0 saturated heterocycles. The van der Waals surface area contributed by atoms with Crippen LogP contribution in [-0.2, 0) is 6.54 Å². The van der Waals surface area contributed by atoms with Crippen molar-refractivity contribution in [3.8, 4) is 0 Å². The third-order valence-electron chi connectivity index (χ3n) is 2.84. The number of nitrogens with zero attached hydrogens (tertiary/aromatic N) is 3. The molecule has 0 aliphatic heterocycles. The molecule has 1 unspecified atom stereocenters. The minimum Gasteiger partial charge on any atom is -0.356 e. The fourth-order valence-electron chi connectivity index (χ4n) is 1.88. The van der Waals surface area contributed by atoms with Crippen molar-refractivity contribution in [1.82, 2.24) is 20.4 Å². The summed E-state index contributed by atoms with van der Waals surface area (Å²) in [5.41, 5.74) is 2.28. The molecular formula is C14H25N5. The lowest BCUT2D eigenvalue weighted by atomic mass is 10.2. The van der Waals surface area contributed by atoms with E-state index in [2.05, 4.69) is 51.9 Å². The Morgan fingerprint density at radius 1 is 1.53 bits per heavy atom. The van der Waals surface area contributed by atoms with Gasteiger partial charge in [-0.2, -0.15) is 5.10 Å². The van der Waals surface area contributed by atoms with Crippen molar-refractivity contribution in [2.45, 2.75) is 27.3 Å². The predicted molar refractivity (Wildman–Crippen MR) is 80.4 cm³/mol. The molecule has 1 atom stereocenters. The van der Waals surface area contributed by atoms with E-state index in [1.54, 1.807) is 7.05 Å². The van der Waals surface area contributed by atoms with Gasteiger partial charge in [0.15, 0.2) is 5.96 Å². The van der Waals surface area contributed by atoms with Gasteiger partial charge in [0.25, 0.3) is 0 Å². The summed E-state index contributed by atoms with van der Waals surface area (Å²) < 4.78 is 2.06. The first-order chi connectivity index (χ1) is 9.06. The van der Waals surface area contributed by atoms with Crippen molar-refractivity contribution in [3.05, 3.63) is 30.1 Å². The standard InChI is InChI=1S/C14H25N5/c1-6-7-16-14(15-5)17-9-11(2)10-19-13(4)8-12(3)18-19/h6,8,11H,1,7,9-10H2,2-5H3,(H2,15,16,17). The van der Waals surface area contributed by atoms with E-state index in [1.165, 1.54) is 5.69 Å². The number of aryl methyl sites for hydroxylation is 2. The largest absolute Gasteiger partial charge is 0.356 e. The second kappa shape index (κ2) is 7.61. The van der Waals surface area contributed by atoms with Gasteiger partial charge < -0.3 is 10.6 Å². The van der Waals surface area contributed by atoms with Gasteiger partial charge in [-0.15, -0.1) is 6.58 Å². The summed E-state index contributed by atoms with van der Waals surface area (Å²) in [4.78, 5) is 4.15. The lowest BCUT2D eigenvalue weighted by Gasteiger charge is -2.16. The molecule has 1 heterocycles. The number of guanidine groups is 1. The molecule has 0 aromatic carbocycles. The minimum absolute atomic E-state index is 0.472. The van der Waals surface area contributed by atoms with Gasteiger partial charge in [0.05, 0.1) is 5.69 Å². The van der Waals surface area contributed by atoms with Gasteiger partial charge in [0.1, 0.15) is 0 Å². The average molecular weight is 263 g/mol. The van der Waals surface area contributed by atoms with Crippen LogP contribution >= 0.6 is 0 Å². The molecule has 0 aliphatic carbocycles. The summed E-state index contributed by atoms with van der Waals surface area (Å²) in [5, 5.41) is 10.9. The van der Waals surface area contributed by atoms with Crippen LogP contribution in [0.5, 0.6) is 0 Å². The quantitative estimate of drug-likeness (QED) is 0.464. The summed E-state index contributed by atoms with van der Waals surface area (Å²) >= 11 is 0. The van der Waals surface area contributed by atoms with Crippen LogP contribution in [0.4, 0.5) is 0 Å². The van der Waals surface area contributed by atoms with Gasteiger partial charge in [-0.1, -0.05) is 13.0 Å². The highest BCUT2D eigenvalue weighted by molar-refractivity contribution is 5.79. The molecule has 1 aromatic heterocycles. The smallest absolute Gasteiger partial charge is 0.191 e. The fraction of sp³-hybridized carbons (Fsp3) is 0.571. The van der Waals surface area contributed by atoms with Gasteiger partial charge in [0.2, 0.25) is 0 Å². The van der Waals surface area contributed by atoms with Crippen molar-refractivity contribution in [1.29, 1.82) is 0 Å². The van der Waals surface area contributed by atoms with Gasteiger partial charge in [0, 0.05) is 32.4 Å². The highest BCUT2D eigenvalue weighted by atomic mass is 15.3. The Hall–Kier alpha value is -1.78. The molecule has 0 fully saturated rings. The Labute approximate surface area is 115 Å². The van der Waals surface area contributed by atoms with Crippen LogP contribution in [0.3, 0.4) is 0 Å². The second-order valence-corrected chi connectivity index (χ2v) is 4.84. The van der Waals surface area contributed by atoms with Crippen LogP contribution in [0.2, 0.25) is 0 Å². The van der Waals surface area contributed by atoms with E-state index in [-0.39, 0.29) is 0 Å². The summed E-state index contributed by atoms with van der Waals surface area (Å²) in [6, 6.07) is 2.10. The molecule has 106 valence electrons. The lowest BCUT2D eigenvalue weighted by molar-refractivity contribution is 0.436. The van der Waals surface area contributed by atoms with E-state index >= 15 is 0 Å². The fourth-order valence-corrected chi connectivity index (χ4v) is 1.88. The van der Waals surface area contributed by atoms with Gasteiger partial charge in [-0.3, -0.25) is 9.67 Å². The number of aliphatic imine (C=N–C) groups is 1. The zero-order valence-corrected chi connectivity index (χ0v) is 12.4. The summed E-state index contributed by atoms with van der Waals surface area (Å²) in [7, 11) is 1.77. The van der Waals surface area contributed by atoms with Crippen molar-refractivity contribution in [3.63, 3.8) is 0 Å². The number of hydrogen-bond donors (Lipinski definition) is 2. The van der Waals surface area contributed by atoms with E-state index in [9.17, 15) is 0 Å². The van der Waals surface area contributed by atoms with Crippen molar-refractivity contribution in [2.75, 3.05) is 20.1 Å². The van der Waals surface area contributed by atoms with Crippen molar-refractivity contribution in [2.24, 2.45) is 10.9 Å². The highest BCUT2D eigenvalue weighted by Gasteiger charge is 2.07. The Balaban J connectivity index is 2.40. The van der Waals surface area contributed by atoms with E-state index < -0.39 is 0 Å². The third-order valence-corrected chi connectivity index (χ3v) is 2.84. The molecule has 0 radical (unpaired) electrons.